The SMILES string of the molecule is C=C(c1ccc(-c2ccc3c(c2)oc2ccc(N(c4ccccc4)c4ccccc4)cc23)cc1-c1ccccc1C)c1cccc2ccccc12. The smallest absolute Gasteiger partial charge is 0.136 e. The second-order valence-corrected chi connectivity index (χ2v) is 13.1. The van der Waals surface area contributed by atoms with E-state index in [0.29, 0.717) is 0 Å². The number of nitrogens with zero attached hydrogens (tertiary/aromatic N) is 1. The van der Waals surface area contributed by atoms with Gasteiger partial charge in [-0.05, 0) is 123 Å². The van der Waals surface area contributed by atoms with Crippen LogP contribution in [0.15, 0.2) is 193 Å². The predicted octanol–water partition coefficient (Wildman–Crippen LogP) is 13.9. The van der Waals surface area contributed by atoms with Crippen molar-refractivity contribution in [3.63, 3.8) is 0 Å². The number of rotatable bonds is 7. The van der Waals surface area contributed by atoms with E-state index in [1.54, 1.807) is 0 Å². The molecule has 1 aromatic heterocycles. The Kier molecular flexibility index (Phi) is 7.56. The Morgan fingerprint density at radius 3 is 1.90 bits per heavy atom. The van der Waals surface area contributed by atoms with E-state index in [4.69, 9.17) is 4.42 Å². The number of para-hydroxylation sites is 2. The van der Waals surface area contributed by atoms with Gasteiger partial charge in [0, 0.05) is 27.8 Å². The number of hydrogen-bond donors (Lipinski definition) is 0. The Morgan fingerprint density at radius 2 is 1.12 bits per heavy atom. The van der Waals surface area contributed by atoms with Gasteiger partial charge in [-0.3, -0.25) is 0 Å². The van der Waals surface area contributed by atoms with E-state index in [2.05, 4.69) is 200 Å². The number of benzene rings is 8. The molecule has 1 heterocycles. The summed E-state index contributed by atoms with van der Waals surface area (Å²) >= 11 is 0. The zero-order valence-electron chi connectivity index (χ0n) is 28.4. The van der Waals surface area contributed by atoms with Crippen LogP contribution in [0.4, 0.5) is 17.1 Å². The van der Waals surface area contributed by atoms with Gasteiger partial charge in [0.2, 0.25) is 0 Å². The summed E-state index contributed by atoms with van der Waals surface area (Å²) in [6.07, 6.45) is 0. The van der Waals surface area contributed by atoms with Crippen molar-refractivity contribution < 1.29 is 4.42 Å². The monoisotopic (exact) mass is 653 g/mol. The lowest BCUT2D eigenvalue weighted by Crippen LogP contribution is -2.09. The molecule has 242 valence electrons. The fourth-order valence-corrected chi connectivity index (χ4v) is 7.40. The molecule has 0 N–H and O–H groups in total. The fourth-order valence-electron chi connectivity index (χ4n) is 7.40. The summed E-state index contributed by atoms with van der Waals surface area (Å²) < 4.78 is 6.52. The van der Waals surface area contributed by atoms with E-state index < -0.39 is 0 Å². The molecule has 0 spiro atoms. The molecule has 0 radical (unpaired) electrons. The average molecular weight is 654 g/mol. The number of fused-ring (bicyclic) bond motifs is 4. The minimum absolute atomic E-state index is 0.868. The van der Waals surface area contributed by atoms with Gasteiger partial charge in [0.1, 0.15) is 11.2 Å². The maximum Gasteiger partial charge on any atom is 0.136 e. The molecular formula is C49H35NO. The highest BCUT2D eigenvalue weighted by Gasteiger charge is 2.18. The highest BCUT2D eigenvalue weighted by atomic mass is 16.3. The number of anilines is 3. The summed E-state index contributed by atoms with van der Waals surface area (Å²) in [6.45, 7) is 6.85. The van der Waals surface area contributed by atoms with Crippen LogP contribution in [0.2, 0.25) is 0 Å². The van der Waals surface area contributed by atoms with E-state index in [1.165, 1.54) is 27.5 Å². The summed E-state index contributed by atoms with van der Waals surface area (Å²) in [5.41, 5.74) is 14.2. The van der Waals surface area contributed by atoms with E-state index >= 15 is 0 Å². The molecule has 0 aliphatic rings. The topological polar surface area (TPSA) is 16.4 Å². The molecule has 51 heavy (non-hydrogen) atoms. The molecule has 9 rings (SSSR count). The van der Waals surface area contributed by atoms with Gasteiger partial charge >= 0.3 is 0 Å². The van der Waals surface area contributed by atoms with Gasteiger partial charge in [0.15, 0.2) is 0 Å². The van der Waals surface area contributed by atoms with Gasteiger partial charge in [0.05, 0.1) is 0 Å². The Morgan fingerprint density at radius 1 is 0.451 bits per heavy atom. The fraction of sp³-hybridized carbons (Fsp3) is 0.0204. The van der Waals surface area contributed by atoms with Crippen LogP contribution in [0, 0.1) is 6.92 Å². The number of hydrogen-bond acceptors (Lipinski definition) is 2. The van der Waals surface area contributed by atoms with Crippen LogP contribution in [0.25, 0.3) is 60.5 Å². The van der Waals surface area contributed by atoms with Crippen molar-refractivity contribution in [3.8, 4) is 22.3 Å². The third-order valence-electron chi connectivity index (χ3n) is 9.97. The van der Waals surface area contributed by atoms with Crippen LogP contribution in [0.5, 0.6) is 0 Å². The maximum absolute atomic E-state index is 6.52. The van der Waals surface area contributed by atoms with Crippen molar-refractivity contribution in [1.82, 2.24) is 0 Å². The molecule has 0 aliphatic heterocycles. The van der Waals surface area contributed by atoms with Gasteiger partial charge < -0.3 is 9.32 Å². The summed E-state index contributed by atoms with van der Waals surface area (Å²) in [6, 6.07) is 64.4. The zero-order valence-corrected chi connectivity index (χ0v) is 28.4. The van der Waals surface area contributed by atoms with Crippen LogP contribution in [0.3, 0.4) is 0 Å². The first-order valence-electron chi connectivity index (χ1n) is 17.4. The minimum atomic E-state index is 0.868. The van der Waals surface area contributed by atoms with Crippen LogP contribution < -0.4 is 4.90 Å². The number of furan rings is 1. The predicted molar refractivity (Wildman–Crippen MR) is 216 cm³/mol. The first kappa shape index (κ1) is 30.4. The summed E-state index contributed by atoms with van der Waals surface area (Å²) in [4.78, 5) is 2.29. The quantitative estimate of drug-likeness (QED) is 0.170. The first-order chi connectivity index (χ1) is 25.1. The molecule has 0 saturated heterocycles. The second kappa shape index (κ2) is 12.7. The molecule has 0 unspecified atom stereocenters. The molecular weight excluding hydrogens is 619 g/mol. The van der Waals surface area contributed by atoms with Crippen molar-refractivity contribution in [2.45, 2.75) is 6.92 Å². The Labute approximate surface area is 298 Å². The Bertz CT molecular complexity index is 2680. The van der Waals surface area contributed by atoms with Crippen LogP contribution >= 0.6 is 0 Å². The maximum atomic E-state index is 6.52. The molecule has 0 amide bonds. The minimum Gasteiger partial charge on any atom is -0.456 e. The molecule has 2 heteroatoms. The normalized spacial score (nSPS) is 11.3. The van der Waals surface area contributed by atoms with E-state index in [0.717, 1.165) is 66.8 Å². The summed E-state index contributed by atoms with van der Waals surface area (Å²) in [7, 11) is 0. The molecule has 2 nitrogen and oxygen atoms in total. The van der Waals surface area contributed by atoms with Crippen molar-refractivity contribution in [2.24, 2.45) is 0 Å². The third kappa shape index (κ3) is 5.48. The molecule has 0 aliphatic carbocycles. The zero-order chi connectivity index (χ0) is 34.3. The molecule has 0 atom stereocenters. The van der Waals surface area contributed by atoms with E-state index in [1.807, 2.05) is 0 Å². The van der Waals surface area contributed by atoms with Gasteiger partial charge in [0.25, 0.3) is 0 Å². The highest BCUT2D eigenvalue weighted by molar-refractivity contribution is 6.08. The highest BCUT2D eigenvalue weighted by Crippen LogP contribution is 2.41. The second-order valence-electron chi connectivity index (χ2n) is 13.1. The van der Waals surface area contributed by atoms with Crippen molar-refractivity contribution >= 4 is 55.3 Å². The average Bonchev–Trinajstić information content (AvgIpc) is 3.56. The molecule has 9 aromatic rings. The number of aryl methyl sites for hydroxylation is 1. The van der Waals surface area contributed by atoms with Crippen LogP contribution in [-0.4, -0.2) is 0 Å². The standard InChI is InChI=1S/C49H35NO/c1-33-14-9-11-21-41(33)46-30-36(24-27-43(46)34(2)42-23-13-16-35-15-10-12-22-44(35)42)37-25-28-45-47-32-40(26-29-48(47)51-49(45)31-37)50(38-17-5-3-6-18-38)39-19-7-4-8-20-39/h3-32H,2H2,1H3. The molecule has 0 fully saturated rings. The van der Waals surface area contributed by atoms with Gasteiger partial charge in [-0.15, -0.1) is 0 Å². The Hall–Kier alpha value is -6.64. The molecule has 0 saturated carbocycles. The first-order valence-corrected chi connectivity index (χ1v) is 17.4. The van der Waals surface area contributed by atoms with Gasteiger partial charge in [-0.25, -0.2) is 0 Å². The Balaban J connectivity index is 1.15. The van der Waals surface area contributed by atoms with E-state index in [9.17, 15) is 0 Å². The molecule has 0 bridgehead atoms. The van der Waals surface area contributed by atoms with Gasteiger partial charge in [-0.1, -0.05) is 128 Å². The van der Waals surface area contributed by atoms with Gasteiger partial charge in [-0.2, -0.15) is 0 Å². The van der Waals surface area contributed by atoms with Crippen LogP contribution in [0.1, 0.15) is 16.7 Å². The molecule has 8 aromatic carbocycles. The lowest BCUT2D eigenvalue weighted by atomic mass is 9.86. The van der Waals surface area contributed by atoms with Crippen molar-refractivity contribution in [2.75, 3.05) is 4.90 Å². The summed E-state index contributed by atoms with van der Waals surface area (Å²) in [5.74, 6) is 0. The van der Waals surface area contributed by atoms with Crippen molar-refractivity contribution in [1.29, 1.82) is 0 Å². The van der Waals surface area contributed by atoms with E-state index in [-0.39, 0.29) is 0 Å². The largest absolute Gasteiger partial charge is 0.456 e. The van der Waals surface area contributed by atoms with Crippen LogP contribution in [-0.2, 0) is 0 Å². The third-order valence-corrected chi connectivity index (χ3v) is 9.97. The summed E-state index contributed by atoms with van der Waals surface area (Å²) in [5, 5.41) is 4.60. The lowest BCUT2D eigenvalue weighted by molar-refractivity contribution is 0.669. The van der Waals surface area contributed by atoms with Crippen molar-refractivity contribution in [3.05, 3.63) is 205 Å². The lowest BCUT2D eigenvalue weighted by Gasteiger charge is -2.25.